The predicted molar refractivity (Wildman–Crippen MR) is 80.9 cm³/mol. The monoisotopic (exact) mass is 289 g/mol. The highest BCUT2D eigenvalue weighted by Gasteiger charge is 2.23. The molecule has 0 spiro atoms. The first-order valence-electron chi connectivity index (χ1n) is 7.06. The Balaban J connectivity index is 1.84. The fraction of sp³-hybridized carbons (Fsp3) is 0.500. The van der Waals surface area contributed by atoms with Gasteiger partial charge in [0.15, 0.2) is 10.6 Å². The third-order valence-corrected chi connectivity index (χ3v) is 4.25. The van der Waals surface area contributed by atoms with Crippen molar-refractivity contribution in [2.24, 2.45) is 5.92 Å². The lowest BCUT2D eigenvalue weighted by atomic mass is 10.1. The molecular formula is C14H19N5S. The van der Waals surface area contributed by atoms with E-state index in [9.17, 15) is 0 Å². The second-order valence-electron chi connectivity index (χ2n) is 5.25. The number of H-pyrrole nitrogens is 1. The van der Waals surface area contributed by atoms with Crippen LogP contribution in [0.4, 0.5) is 0 Å². The number of hydrogen-bond acceptors (Lipinski definition) is 4. The zero-order valence-electron chi connectivity index (χ0n) is 11.6. The summed E-state index contributed by atoms with van der Waals surface area (Å²) in [6.45, 7) is 6.61. The second kappa shape index (κ2) is 5.85. The Kier molecular flexibility index (Phi) is 3.93. The van der Waals surface area contributed by atoms with Crippen molar-refractivity contribution in [2.75, 3.05) is 19.6 Å². The summed E-state index contributed by atoms with van der Waals surface area (Å²) in [5, 5.41) is 7.27. The highest BCUT2D eigenvalue weighted by atomic mass is 32.1. The van der Waals surface area contributed by atoms with Gasteiger partial charge in [0.25, 0.3) is 0 Å². The van der Waals surface area contributed by atoms with Crippen LogP contribution in [0.2, 0.25) is 0 Å². The fourth-order valence-electron chi connectivity index (χ4n) is 2.81. The highest BCUT2D eigenvalue weighted by Crippen LogP contribution is 2.22. The number of aromatic nitrogens is 4. The first-order valence-corrected chi connectivity index (χ1v) is 7.46. The van der Waals surface area contributed by atoms with Crippen molar-refractivity contribution in [1.82, 2.24) is 24.6 Å². The Morgan fingerprint density at radius 3 is 3.10 bits per heavy atom. The van der Waals surface area contributed by atoms with Crippen molar-refractivity contribution in [3.05, 3.63) is 29.3 Å². The van der Waals surface area contributed by atoms with Crippen LogP contribution in [0.25, 0.3) is 11.4 Å². The number of likely N-dealkylation sites (tertiary alicyclic amines) is 1. The third-order valence-electron chi connectivity index (χ3n) is 3.94. The molecule has 5 nitrogen and oxygen atoms in total. The Morgan fingerprint density at radius 1 is 1.50 bits per heavy atom. The van der Waals surface area contributed by atoms with E-state index in [2.05, 4.69) is 31.6 Å². The van der Waals surface area contributed by atoms with Crippen molar-refractivity contribution in [3.63, 3.8) is 0 Å². The first-order chi connectivity index (χ1) is 9.78. The van der Waals surface area contributed by atoms with Crippen molar-refractivity contribution in [3.8, 4) is 11.4 Å². The van der Waals surface area contributed by atoms with Gasteiger partial charge < -0.3 is 4.90 Å². The lowest BCUT2D eigenvalue weighted by Crippen LogP contribution is -2.21. The van der Waals surface area contributed by atoms with Gasteiger partial charge in [-0.25, -0.2) is 0 Å². The molecule has 6 heteroatoms. The van der Waals surface area contributed by atoms with Crippen LogP contribution in [-0.2, 0) is 6.54 Å². The van der Waals surface area contributed by atoms with Gasteiger partial charge in [0.2, 0.25) is 0 Å². The average Bonchev–Trinajstić information content (AvgIpc) is 3.08. The van der Waals surface area contributed by atoms with Crippen LogP contribution >= 0.6 is 12.2 Å². The van der Waals surface area contributed by atoms with Gasteiger partial charge in [-0.1, -0.05) is 6.92 Å². The molecule has 1 aliphatic rings. The molecule has 1 fully saturated rings. The zero-order valence-corrected chi connectivity index (χ0v) is 12.4. The topological polar surface area (TPSA) is 49.7 Å². The Morgan fingerprint density at radius 2 is 2.40 bits per heavy atom. The van der Waals surface area contributed by atoms with Gasteiger partial charge in [-0.15, -0.1) is 0 Å². The largest absolute Gasteiger partial charge is 0.303 e. The molecule has 20 heavy (non-hydrogen) atoms. The highest BCUT2D eigenvalue weighted by molar-refractivity contribution is 7.71. The van der Waals surface area contributed by atoms with Gasteiger partial charge >= 0.3 is 0 Å². The van der Waals surface area contributed by atoms with Gasteiger partial charge in [-0.05, 0) is 49.8 Å². The molecule has 1 atom stereocenters. The summed E-state index contributed by atoms with van der Waals surface area (Å²) in [7, 11) is 0. The maximum atomic E-state index is 5.38. The Hall–Kier alpha value is -1.53. The number of nitrogens with one attached hydrogen (secondary N) is 1. The maximum Gasteiger partial charge on any atom is 0.195 e. The third kappa shape index (κ3) is 2.66. The van der Waals surface area contributed by atoms with Gasteiger partial charge in [-0.3, -0.25) is 14.6 Å². The molecular weight excluding hydrogens is 270 g/mol. The lowest BCUT2D eigenvalue weighted by molar-refractivity contribution is 0.332. The van der Waals surface area contributed by atoms with E-state index in [1.807, 2.05) is 18.3 Å². The zero-order chi connectivity index (χ0) is 13.9. The first kappa shape index (κ1) is 13.5. The van der Waals surface area contributed by atoms with Crippen molar-refractivity contribution >= 4 is 12.2 Å². The molecule has 1 unspecified atom stereocenters. The number of hydrogen-bond donors (Lipinski definition) is 1. The molecule has 3 rings (SSSR count). The number of aromatic amines is 1. The predicted octanol–water partition coefficient (Wildman–Crippen LogP) is 2.34. The van der Waals surface area contributed by atoms with Gasteiger partial charge in [0, 0.05) is 31.0 Å². The van der Waals surface area contributed by atoms with E-state index in [4.69, 9.17) is 12.2 Å². The van der Waals surface area contributed by atoms with Crippen LogP contribution in [0.1, 0.15) is 13.3 Å². The second-order valence-corrected chi connectivity index (χ2v) is 5.64. The molecule has 106 valence electrons. The summed E-state index contributed by atoms with van der Waals surface area (Å²) >= 11 is 5.38. The van der Waals surface area contributed by atoms with E-state index >= 15 is 0 Å². The molecule has 0 aliphatic carbocycles. The van der Waals surface area contributed by atoms with E-state index in [1.165, 1.54) is 13.0 Å². The summed E-state index contributed by atoms with van der Waals surface area (Å²) in [6.07, 6.45) is 4.83. The minimum atomic E-state index is 0.648. The van der Waals surface area contributed by atoms with Crippen molar-refractivity contribution in [2.45, 2.75) is 19.9 Å². The summed E-state index contributed by atoms with van der Waals surface area (Å²) in [4.78, 5) is 6.64. The molecule has 0 radical (unpaired) electrons. The lowest BCUT2D eigenvalue weighted by Gasteiger charge is -2.14. The summed E-state index contributed by atoms with van der Waals surface area (Å²) < 4.78 is 2.80. The smallest absolute Gasteiger partial charge is 0.195 e. The van der Waals surface area contributed by atoms with E-state index < -0.39 is 0 Å². The van der Waals surface area contributed by atoms with Gasteiger partial charge in [-0.2, -0.15) is 5.10 Å². The number of pyridine rings is 1. The van der Waals surface area contributed by atoms with Gasteiger partial charge in [0.05, 0.1) is 0 Å². The maximum absolute atomic E-state index is 5.38. The van der Waals surface area contributed by atoms with E-state index in [0.717, 1.165) is 31.0 Å². The number of rotatable bonds is 4. The minimum absolute atomic E-state index is 0.648. The normalized spacial score (nSPS) is 19.6. The van der Waals surface area contributed by atoms with E-state index in [1.54, 1.807) is 6.20 Å². The summed E-state index contributed by atoms with van der Waals surface area (Å²) in [6, 6.07) is 3.94. The Bertz CT molecular complexity index is 618. The summed E-state index contributed by atoms with van der Waals surface area (Å²) in [5.74, 6) is 1.53. The van der Waals surface area contributed by atoms with Gasteiger partial charge in [0.1, 0.15) is 0 Å². The summed E-state index contributed by atoms with van der Waals surface area (Å²) in [5.41, 5.74) is 1.00. The average molecular weight is 289 g/mol. The fourth-order valence-corrected chi connectivity index (χ4v) is 3.02. The van der Waals surface area contributed by atoms with Crippen LogP contribution in [0.5, 0.6) is 0 Å². The molecule has 0 amide bonds. The molecule has 2 aromatic rings. The molecule has 3 heterocycles. The van der Waals surface area contributed by atoms with Crippen molar-refractivity contribution in [1.29, 1.82) is 0 Å². The molecule has 1 N–H and O–H groups in total. The van der Waals surface area contributed by atoms with Crippen LogP contribution in [0.3, 0.4) is 0 Å². The molecule has 0 saturated carbocycles. The molecule has 0 aromatic carbocycles. The molecule has 1 saturated heterocycles. The van der Waals surface area contributed by atoms with Crippen LogP contribution < -0.4 is 0 Å². The van der Waals surface area contributed by atoms with Crippen LogP contribution in [0.15, 0.2) is 24.5 Å². The van der Waals surface area contributed by atoms with E-state index in [-0.39, 0.29) is 0 Å². The van der Waals surface area contributed by atoms with Crippen molar-refractivity contribution < 1.29 is 0 Å². The quantitative estimate of drug-likeness (QED) is 0.878. The SMILES string of the molecule is CCN1CCC(Cn2c(-c3cccnc3)n[nH]c2=S)C1. The minimum Gasteiger partial charge on any atom is -0.303 e. The molecule has 1 aliphatic heterocycles. The molecule has 0 bridgehead atoms. The van der Waals surface area contributed by atoms with Crippen LogP contribution in [0, 0.1) is 10.7 Å². The number of nitrogens with zero attached hydrogens (tertiary/aromatic N) is 4. The standard InChI is InChI=1S/C14H19N5S/c1-2-18-7-5-11(9-18)10-19-13(16-17-14(19)20)12-4-3-6-15-8-12/h3-4,6,8,11H,2,5,7,9-10H2,1H3,(H,17,20). The van der Waals surface area contributed by atoms with Crippen LogP contribution in [-0.4, -0.2) is 44.3 Å². The van der Waals surface area contributed by atoms with E-state index in [0.29, 0.717) is 10.7 Å². The Labute approximate surface area is 123 Å². The molecule has 2 aromatic heterocycles.